The van der Waals surface area contributed by atoms with Gasteiger partial charge in [-0.05, 0) is 24.1 Å². The second-order valence-corrected chi connectivity index (χ2v) is 4.76. The molecule has 0 aliphatic carbocycles. The van der Waals surface area contributed by atoms with Crippen molar-refractivity contribution in [1.29, 1.82) is 0 Å². The summed E-state index contributed by atoms with van der Waals surface area (Å²) in [5.74, 6) is -0.160. The van der Waals surface area contributed by atoms with Crippen LogP contribution in [-0.2, 0) is 0 Å². The lowest BCUT2D eigenvalue weighted by molar-refractivity contribution is 0.568. The van der Waals surface area contributed by atoms with E-state index in [1.54, 1.807) is 19.5 Å². The van der Waals surface area contributed by atoms with Gasteiger partial charge in [0.25, 0.3) is 0 Å². The van der Waals surface area contributed by atoms with Crippen LogP contribution in [0.2, 0.25) is 0 Å². The molecular weight excluding hydrogens is 231 g/mol. The van der Waals surface area contributed by atoms with E-state index in [4.69, 9.17) is 4.42 Å². The van der Waals surface area contributed by atoms with E-state index < -0.39 is 0 Å². The number of hydrogen-bond donors (Lipinski definition) is 1. The predicted octanol–water partition coefficient (Wildman–Crippen LogP) is 3.33. The monoisotopic (exact) mass is 246 g/mol. The molecule has 0 fully saturated rings. The number of likely N-dealkylation sites (N-methyl/N-ethyl adjacent to an activating group) is 1. The van der Waals surface area contributed by atoms with Crippen molar-refractivity contribution in [3.8, 4) is 0 Å². The molecule has 3 rings (SSSR count). The fourth-order valence-corrected chi connectivity index (χ4v) is 2.37. The summed E-state index contributed by atoms with van der Waals surface area (Å²) in [5.41, 5.74) is 3.81. The number of anilines is 2. The molecule has 2 aromatic rings. The molecule has 94 valence electrons. The minimum absolute atomic E-state index is 0.152. The Morgan fingerprint density at radius 1 is 1.39 bits per heavy atom. The minimum Gasteiger partial charge on any atom is -0.468 e. The molecule has 3 nitrogen and oxygen atoms in total. The van der Waals surface area contributed by atoms with Gasteiger partial charge in [-0.25, -0.2) is 4.39 Å². The quantitative estimate of drug-likeness (QED) is 0.836. The molecule has 2 heterocycles. The van der Waals surface area contributed by atoms with Gasteiger partial charge in [0.05, 0.1) is 17.4 Å². The summed E-state index contributed by atoms with van der Waals surface area (Å²) in [5, 5.41) is 3.41. The summed E-state index contributed by atoms with van der Waals surface area (Å²) in [6.07, 6.45) is 3.43. The van der Waals surface area contributed by atoms with Crippen molar-refractivity contribution in [2.75, 3.05) is 23.8 Å². The first-order chi connectivity index (χ1) is 8.65. The van der Waals surface area contributed by atoms with Crippen molar-refractivity contribution in [1.82, 2.24) is 0 Å². The second-order valence-electron chi connectivity index (χ2n) is 4.76. The number of nitrogens with zero attached hydrogens (tertiary/aromatic N) is 1. The van der Waals surface area contributed by atoms with Gasteiger partial charge >= 0.3 is 0 Å². The van der Waals surface area contributed by atoms with E-state index in [1.807, 2.05) is 19.2 Å². The number of hydrogen-bond acceptors (Lipinski definition) is 3. The van der Waals surface area contributed by atoms with Gasteiger partial charge in [-0.2, -0.15) is 0 Å². The molecule has 1 N–H and O–H groups in total. The fourth-order valence-electron chi connectivity index (χ4n) is 2.37. The van der Waals surface area contributed by atoms with Crippen LogP contribution >= 0.6 is 0 Å². The molecule has 0 radical (unpaired) electrons. The molecule has 1 aromatic heterocycles. The number of nitrogens with one attached hydrogen (secondary N) is 1. The third-order valence-electron chi connectivity index (χ3n) is 3.42. The predicted molar refractivity (Wildman–Crippen MR) is 69.5 cm³/mol. The number of fused-ring (bicyclic) bond motifs is 1. The molecule has 0 spiro atoms. The molecule has 0 bridgehead atoms. The molecule has 0 amide bonds. The normalized spacial score (nSPS) is 18.4. The van der Waals surface area contributed by atoms with E-state index >= 15 is 0 Å². The van der Waals surface area contributed by atoms with Crippen LogP contribution in [0.5, 0.6) is 0 Å². The fraction of sp³-hybridized carbons (Fsp3) is 0.286. The Labute approximate surface area is 105 Å². The third-order valence-corrected chi connectivity index (χ3v) is 3.42. The summed E-state index contributed by atoms with van der Waals surface area (Å²) in [7, 11) is 2.03. The lowest BCUT2D eigenvalue weighted by Gasteiger charge is -2.32. The van der Waals surface area contributed by atoms with Crippen molar-refractivity contribution in [2.24, 2.45) is 0 Å². The molecule has 1 aliphatic rings. The lowest BCUT2D eigenvalue weighted by atomic mass is 10.0. The number of aryl methyl sites for hydroxylation is 1. The number of benzene rings is 1. The van der Waals surface area contributed by atoms with Crippen molar-refractivity contribution in [2.45, 2.75) is 13.0 Å². The Balaban J connectivity index is 1.93. The van der Waals surface area contributed by atoms with E-state index in [-0.39, 0.29) is 11.9 Å². The maximum absolute atomic E-state index is 13.3. The average molecular weight is 246 g/mol. The largest absolute Gasteiger partial charge is 0.468 e. The van der Waals surface area contributed by atoms with Gasteiger partial charge in [-0.3, -0.25) is 0 Å². The molecule has 18 heavy (non-hydrogen) atoms. The van der Waals surface area contributed by atoms with Crippen LogP contribution in [0.15, 0.2) is 35.1 Å². The van der Waals surface area contributed by atoms with Crippen LogP contribution in [-0.4, -0.2) is 13.6 Å². The molecule has 0 saturated carbocycles. The van der Waals surface area contributed by atoms with Gasteiger partial charge in [0.1, 0.15) is 18.3 Å². The summed E-state index contributed by atoms with van der Waals surface area (Å²) in [6.45, 7) is 2.62. The smallest absolute Gasteiger partial charge is 0.126 e. The maximum atomic E-state index is 13.3. The van der Waals surface area contributed by atoms with Crippen LogP contribution in [0.3, 0.4) is 0 Å². The molecule has 1 unspecified atom stereocenters. The first kappa shape index (κ1) is 11.1. The Morgan fingerprint density at radius 2 is 2.22 bits per heavy atom. The van der Waals surface area contributed by atoms with Gasteiger partial charge in [-0.15, -0.1) is 0 Å². The molecule has 1 aliphatic heterocycles. The number of rotatable bonds is 1. The SMILES string of the molecule is Cc1cc(C2CN(C)c3cocc3N2)ccc1F. The third kappa shape index (κ3) is 1.74. The number of furan rings is 1. The zero-order chi connectivity index (χ0) is 12.7. The van der Waals surface area contributed by atoms with Gasteiger partial charge < -0.3 is 14.6 Å². The Morgan fingerprint density at radius 3 is 3.00 bits per heavy atom. The van der Waals surface area contributed by atoms with Gasteiger partial charge in [0.2, 0.25) is 0 Å². The molecule has 1 aromatic carbocycles. The van der Waals surface area contributed by atoms with Crippen LogP contribution in [0.25, 0.3) is 0 Å². The van der Waals surface area contributed by atoms with E-state index in [9.17, 15) is 4.39 Å². The Kier molecular flexibility index (Phi) is 2.51. The van der Waals surface area contributed by atoms with Crippen molar-refractivity contribution >= 4 is 11.4 Å². The zero-order valence-electron chi connectivity index (χ0n) is 10.4. The van der Waals surface area contributed by atoms with Crippen LogP contribution < -0.4 is 10.2 Å². The van der Waals surface area contributed by atoms with Crippen LogP contribution in [0, 0.1) is 12.7 Å². The first-order valence-electron chi connectivity index (χ1n) is 5.95. The van der Waals surface area contributed by atoms with Gasteiger partial charge in [0, 0.05) is 13.6 Å². The topological polar surface area (TPSA) is 28.4 Å². The van der Waals surface area contributed by atoms with E-state index in [1.165, 1.54) is 6.07 Å². The van der Waals surface area contributed by atoms with Crippen LogP contribution in [0.4, 0.5) is 15.8 Å². The maximum Gasteiger partial charge on any atom is 0.126 e. The summed E-state index contributed by atoms with van der Waals surface area (Å²) >= 11 is 0. The molecule has 0 saturated heterocycles. The Hall–Kier alpha value is -1.97. The van der Waals surface area contributed by atoms with E-state index in [0.717, 1.165) is 23.5 Å². The number of halogens is 1. The first-order valence-corrected chi connectivity index (χ1v) is 5.95. The zero-order valence-corrected chi connectivity index (χ0v) is 10.4. The van der Waals surface area contributed by atoms with E-state index in [2.05, 4.69) is 10.2 Å². The van der Waals surface area contributed by atoms with Gasteiger partial charge in [0.15, 0.2) is 0 Å². The van der Waals surface area contributed by atoms with Crippen molar-refractivity contribution in [3.05, 3.63) is 47.7 Å². The lowest BCUT2D eigenvalue weighted by Crippen LogP contribution is -2.33. The summed E-state index contributed by atoms with van der Waals surface area (Å²) in [4.78, 5) is 2.14. The highest BCUT2D eigenvalue weighted by atomic mass is 19.1. The van der Waals surface area contributed by atoms with Crippen molar-refractivity contribution in [3.63, 3.8) is 0 Å². The van der Waals surface area contributed by atoms with Crippen LogP contribution in [0.1, 0.15) is 17.2 Å². The highest BCUT2D eigenvalue weighted by Crippen LogP contribution is 2.35. The minimum atomic E-state index is -0.160. The second kappa shape index (κ2) is 4.05. The standard InChI is InChI=1S/C14H15FN2O/c1-9-5-10(3-4-11(9)15)12-6-17(2)14-8-18-7-13(14)16-12/h3-5,7-8,12,16H,6H2,1-2H3. The highest BCUT2D eigenvalue weighted by molar-refractivity contribution is 5.71. The average Bonchev–Trinajstić information content (AvgIpc) is 2.81. The molecule has 4 heteroatoms. The van der Waals surface area contributed by atoms with Crippen molar-refractivity contribution < 1.29 is 8.81 Å². The summed E-state index contributed by atoms with van der Waals surface area (Å²) < 4.78 is 18.5. The Bertz CT molecular complexity index is 579. The highest BCUT2D eigenvalue weighted by Gasteiger charge is 2.24. The van der Waals surface area contributed by atoms with Gasteiger partial charge in [-0.1, -0.05) is 12.1 Å². The van der Waals surface area contributed by atoms with E-state index in [0.29, 0.717) is 5.56 Å². The molecule has 1 atom stereocenters. The molecular formula is C14H15FN2O. The summed E-state index contributed by atoms with van der Waals surface area (Å²) in [6, 6.07) is 5.40.